The number of nitrogens with one attached hydrogen (secondary N) is 2. The Kier molecular flexibility index (Phi) is 4.46. The van der Waals surface area contributed by atoms with E-state index in [1.54, 1.807) is 35.1 Å². The summed E-state index contributed by atoms with van der Waals surface area (Å²) in [5, 5.41) is 18.9. The number of H-pyrrole nitrogens is 1. The van der Waals surface area contributed by atoms with Gasteiger partial charge in [0, 0.05) is 30.3 Å². The van der Waals surface area contributed by atoms with E-state index in [2.05, 4.69) is 40.2 Å². The molecule has 1 amide bonds. The zero-order valence-corrected chi connectivity index (χ0v) is 15.9. The number of nitrogens with zero attached hydrogens (tertiary/aromatic N) is 6. The second-order valence-corrected chi connectivity index (χ2v) is 7.10. The van der Waals surface area contributed by atoms with Crippen LogP contribution in [0.5, 0.6) is 0 Å². The molecule has 1 saturated heterocycles. The molecule has 0 spiro atoms. The van der Waals surface area contributed by atoms with Crippen LogP contribution in [0, 0.1) is 5.92 Å². The largest absolute Gasteiger partial charge is 0.439 e. The van der Waals surface area contributed by atoms with Crippen molar-refractivity contribution >= 4 is 23.1 Å². The zero-order valence-electron chi connectivity index (χ0n) is 15.9. The second-order valence-electron chi connectivity index (χ2n) is 7.10. The molecule has 1 aliphatic rings. The normalized spacial score (nSPS) is 14.9. The number of hydrogen-bond donors (Lipinski definition) is 2. The Balaban J connectivity index is 1.22. The summed E-state index contributed by atoms with van der Waals surface area (Å²) in [6.07, 6.45) is 3.02. The van der Waals surface area contributed by atoms with Crippen LogP contribution in [0.4, 0.5) is 11.5 Å². The quantitative estimate of drug-likeness (QED) is 0.518. The van der Waals surface area contributed by atoms with Gasteiger partial charge in [-0.25, -0.2) is 4.79 Å². The summed E-state index contributed by atoms with van der Waals surface area (Å²) in [5.41, 5.74) is 2.00. The van der Waals surface area contributed by atoms with Gasteiger partial charge in [0.2, 0.25) is 5.91 Å². The molecule has 1 aromatic carbocycles. The van der Waals surface area contributed by atoms with Crippen molar-refractivity contribution in [2.24, 2.45) is 5.92 Å². The molecule has 1 fully saturated rings. The molecule has 5 rings (SSSR count). The highest BCUT2D eigenvalue weighted by molar-refractivity contribution is 5.93. The maximum atomic E-state index is 12.7. The highest BCUT2D eigenvalue weighted by atomic mass is 16.5. The van der Waals surface area contributed by atoms with E-state index in [1.807, 2.05) is 12.1 Å². The van der Waals surface area contributed by atoms with Crippen LogP contribution >= 0.6 is 0 Å². The number of benzene rings is 1. The van der Waals surface area contributed by atoms with Crippen molar-refractivity contribution in [1.29, 1.82) is 0 Å². The van der Waals surface area contributed by atoms with Crippen molar-refractivity contribution in [1.82, 2.24) is 30.0 Å². The van der Waals surface area contributed by atoms with Crippen LogP contribution in [-0.4, -0.2) is 48.9 Å². The number of fused-ring (bicyclic) bond motifs is 1. The van der Waals surface area contributed by atoms with Gasteiger partial charge in [-0.3, -0.25) is 14.3 Å². The van der Waals surface area contributed by atoms with Crippen LogP contribution < -0.4 is 16.0 Å². The molecule has 1 aliphatic heterocycles. The first-order chi connectivity index (χ1) is 14.7. The van der Waals surface area contributed by atoms with Crippen LogP contribution in [0.25, 0.3) is 17.0 Å². The van der Waals surface area contributed by atoms with Crippen molar-refractivity contribution in [2.45, 2.75) is 12.8 Å². The first-order valence-corrected chi connectivity index (χ1v) is 9.55. The van der Waals surface area contributed by atoms with Crippen molar-refractivity contribution in [2.75, 3.05) is 23.3 Å². The Hall–Kier alpha value is -4.02. The molecule has 152 valence electrons. The lowest BCUT2D eigenvalue weighted by molar-refractivity contribution is -0.120. The lowest BCUT2D eigenvalue weighted by Crippen LogP contribution is -2.38. The van der Waals surface area contributed by atoms with Crippen molar-refractivity contribution in [3.8, 4) is 11.4 Å². The third kappa shape index (κ3) is 3.52. The monoisotopic (exact) mass is 406 g/mol. The molecular formula is C19H18N8O3. The minimum absolute atomic E-state index is 0.0253. The van der Waals surface area contributed by atoms with E-state index in [0.29, 0.717) is 22.7 Å². The number of rotatable bonds is 4. The highest BCUT2D eigenvalue weighted by Crippen LogP contribution is 2.24. The van der Waals surface area contributed by atoms with Gasteiger partial charge in [-0.1, -0.05) is 17.3 Å². The Labute approximate surface area is 169 Å². The summed E-state index contributed by atoms with van der Waals surface area (Å²) >= 11 is 0. The predicted octanol–water partition coefficient (Wildman–Crippen LogP) is 1.32. The minimum atomic E-state index is -0.621. The second kappa shape index (κ2) is 7.43. The Morgan fingerprint density at radius 1 is 1.20 bits per heavy atom. The highest BCUT2D eigenvalue weighted by Gasteiger charge is 2.26. The number of amides is 1. The van der Waals surface area contributed by atoms with Crippen molar-refractivity contribution < 1.29 is 9.32 Å². The van der Waals surface area contributed by atoms with Gasteiger partial charge < -0.3 is 10.2 Å². The number of carbonyl (C=O) groups is 1. The smallest absolute Gasteiger partial charge is 0.355 e. The number of aromatic amines is 1. The molecule has 0 saturated carbocycles. The third-order valence-electron chi connectivity index (χ3n) is 5.18. The molecule has 0 bridgehead atoms. The van der Waals surface area contributed by atoms with E-state index in [0.717, 1.165) is 31.7 Å². The Morgan fingerprint density at radius 2 is 2.07 bits per heavy atom. The number of carbonyl (C=O) groups excluding carboxylic acids is 1. The van der Waals surface area contributed by atoms with Gasteiger partial charge in [0.25, 0.3) is 0 Å². The summed E-state index contributed by atoms with van der Waals surface area (Å²) in [7, 11) is 0. The average molecular weight is 406 g/mol. The van der Waals surface area contributed by atoms with Crippen LogP contribution in [0.1, 0.15) is 12.8 Å². The molecule has 0 unspecified atom stereocenters. The Bertz CT molecular complexity index is 1250. The summed E-state index contributed by atoms with van der Waals surface area (Å²) < 4.78 is 6.18. The van der Waals surface area contributed by atoms with E-state index >= 15 is 0 Å². The number of aromatic nitrogens is 6. The SMILES string of the molecule is O=C(Nc1cccc(-c2noc(=O)[nH]2)c1)C1CCN(c2ccc3nncn3n2)CC1. The molecular weight excluding hydrogens is 388 g/mol. The van der Waals surface area contributed by atoms with Gasteiger partial charge in [0.05, 0.1) is 0 Å². The van der Waals surface area contributed by atoms with Gasteiger partial charge in [0.1, 0.15) is 12.1 Å². The number of piperidine rings is 1. The standard InChI is InChI=1S/C19H18N8O3/c28-18(21-14-3-1-2-13(10-14)17-22-19(29)30-25-17)12-6-8-26(9-7-12)16-5-4-15-23-20-11-27(15)24-16/h1-5,10-12H,6-9H2,(H,21,28)(H,22,25,29). The van der Waals surface area contributed by atoms with E-state index in [9.17, 15) is 9.59 Å². The maximum Gasteiger partial charge on any atom is 0.439 e. The fraction of sp³-hybridized carbons (Fsp3) is 0.263. The first-order valence-electron chi connectivity index (χ1n) is 9.55. The van der Waals surface area contributed by atoms with Gasteiger partial charge in [-0.05, 0) is 37.1 Å². The Morgan fingerprint density at radius 3 is 2.87 bits per heavy atom. The number of anilines is 2. The lowest BCUT2D eigenvalue weighted by atomic mass is 9.95. The fourth-order valence-corrected chi connectivity index (χ4v) is 3.60. The van der Waals surface area contributed by atoms with E-state index in [-0.39, 0.29) is 11.8 Å². The van der Waals surface area contributed by atoms with E-state index < -0.39 is 5.76 Å². The van der Waals surface area contributed by atoms with Crippen LogP contribution in [0.15, 0.2) is 52.0 Å². The molecule has 2 N–H and O–H groups in total. The molecule has 3 aromatic heterocycles. The molecule has 4 aromatic rings. The fourth-order valence-electron chi connectivity index (χ4n) is 3.60. The van der Waals surface area contributed by atoms with Crippen molar-refractivity contribution in [3.05, 3.63) is 53.3 Å². The third-order valence-corrected chi connectivity index (χ3v) is 5.18. The topological polar surface area (TPSA) is 134 Å². The zero-order chi connectivity index (χ0) is 20.5. The molecule has 0 aliphatic carbocycles. The molecule has 30 heavy (non-hydrogen) atoms. The summed E-state index contributed by atoms with van der Waals surface area (Å²) in [4.78, 5) is 28.5. The lowest BCUT2D eigenvalue weighted by Gasteiger charge is -2.32. The first kappa shape index (κ1) is 18.0. The van der Waals surface area contributed by atoms with Crippen LogP contribution in [0.3, 0.4) is 0 Å². The number of hydrogen-bond acceptors (Lipinski definition) is 8. The maximum absolute atomic E-state index is 12.7. The van der Waals surface area contributed by atoms with Crippen LogP contribution in [-0.2, 0) is 4.79 Å². The molecule has 11 nitrogen and oxygen atoms in total. The molecule has 11 heteroatoms. The summed E-state index contributed by atoms with van der Waals surface area (Å²) in [6, 6.07) is 10.9. The average Bonchev–Trinajstić information content (AvgIpc) is 3.42. The summed E-state index contributed by atoms with van der Waals surface area (Å²) in [6.45, 7) is 1.47. The van der Waals surface area contributed by atoms with Gasteiger partial charge in [-0.2, -0.15) is 4.52 Å². The van der Waals surface area contributed by atoms with E-state index in [4.69, 9.17) is 0 Å². The van der Waals surface area contributed by atoms with E-state index in [1.165, 1.54) is 0 Å². The minimum Gasteiger partial charge on any atom is -0.355 e. The van der Waals surface area contributed by atoms with Gasteiger partial charge in [0.15, 0.2) is 11.5 Å². The van der Waals surface area contributed by atoms with Gasteiger partial charge in [-0.15, -0.1) is 15.3 Å². The summed E-state index contributed by atoms with van der Waals surface area (Å²) in [5.74, 6) is 0.430. The van der Waals surface area contributed by atoms with Crippen LogP contribution in [0.2, 0.25) is 0 Å². The van der Waals surface area contributed by atoms with Crippen molar-refractivity contribution in [3.63, 3.8) is 0 Å². The molecule has 4 heterocycles. The molecule has 0 atom stereocenters. The molecule has 0 radical (unpaired) electrons. The predicted molar refractivity (Wildman–Crippen MR) is 107 cm³/mol. The van der Waals surface area contributed by atoms with Gasteiger partial charge >= 0.3 is 5.76 Å².